The van der Waals surface area contributed by atoms with Gasteiger partial charge in [0.05, 0.1) is 27.6 Å². The number of rotatable bonds is 2. The van der Waals surface area contributed by atoms with Crippen LogP contribution in [0.25, 0.3) is 55.4 Å². The lowest BCUT2D eigenvalue weighted by Crippen LogP contribution is -1.97. The normalized spacial score (nSPS) is 11.8. The van der Waals surface area contributed by atoms with Gasteiger partial charge in [0, 0.05) is 28.3 Å². The minimum Gasteiger partial charge on any atom is -0.308 e. The van der Waals surface area contributed by atoms with Gasteiger partial charge in [-0.1, -0.05) is 48.5 Å². The second kappa shape index (κ2) is 6.78. The fraction of sp³-hybridized carbons (Fsp3) is 0.0345. The second-order valence-electron chi connectivity index (χ2n) is 8.46. The smallest absolute Gasteiger partial charge is 0.148 e. The van der Waals surface area contributed by atoms with Crippen LogP contribution in [0.1, 0.15) is 5.56 Å². The van der Waals surface area contributed by atoms with Gasteiger partial charge in [0.15, 0.2) is 0 Å². The summed E-state index contributed by atoms with van der Waals surface area (Å²) >= 11 is 0. The minimum absolute atomic E-state index is 0.928. The zero-order valence-electron chi connectivity index (χ0n) is 18.1. The number of fused-ring (bicyclic) bond motifs is 6. The highest BCUT2D eigenvalue weighted by Crippen LogP contribution is 2.36. The van der Waals surface area contributed by atoms with Gasteiger partial charge in [-0.25, -0.2) is 4.98 Å². The average molecular weight is 425 g/mol. The zero-order valence-corrected chi connectivity index (χ0v) is 18.1. The Bertz CT molecular complexity index is 1820. The second-order valence-corrected chi connectivity index (χ2v) is 8.46. The molecule has 0 N–H and O–H groups in total. The van der Waals surface area contributed by atoms with Gasteiger partial charge >= 0.3 is 0 Å². The molecule has 3 aromatic carbocycles. The zero-order chi connectivity index (χ0) is 21.9. The van der Waals surface area contributed by atoms with E-state index in [4.69, 9.17) is 9.97 Å². The van der Waals surface area contributed by atoms with Crippen LogP contribution in [0, 0.1) is 6.92 Å². The van der Waals surface area contributed by atoms with Crippen molar-refractivity contribution in [1.82, 2.24) is 19.1 Å². The molecular weight excluding hydrogens is 404 g/mol. The fourth-order valence-corrected chi connectivity index (χ4v) is 4.99. The summed E-state index contributed by atoms with van der Waals surface area (Å²) in [5.74, 6) is 0. The summed E-state index contributed by atoms with van der Waals surface area (Å²) in [7, 11) is 0. The molecule has 4 heteroatoms. The molecule has 7 rings (SSSR count). The maximum absolute atomic E-state index is 5.30. The highest BCUT2D eigenvalue weighted by atomic mass is 15.1. The van der Waals surface area contributed by atoms with E-state index in [0.717, 1.165) is 55.4 Å². The number of hydrogen-bond donors (Lipinski definition) is 0. The Morgan fingerprint density at radius 3 is 2.24 bits per heavy atom. The largest absolute Gasteiger partial charge is 0.308 e. The molecule has 0 unspecified atom stereocenters. The molecule has 0 radical (unpaired) electrons. The molecule has 0 aliphatic carbocycles. The molecule has 0 saturated carbocycles. The predicted molar refractivity (Wildman–Crippen MR) is 135 cm³/mol. The standard InChI is InChI=1S/C29H20N4/c1-19-9-7-12-21(17-19)33-25-15-8-16-30-27(25)23-18-26-28(31-29(23)33)22-13-5-6-14-24(22)32(26)20-10-3-2-4-11-20/h2-18H,1H3. The van der Waals surface area contributed by atoms with Crippen molar-refractivity contribution in [1.29, 1.82) is 0 Å². The van der Waals surface area contributed by atoms with E-state index in [1.807, 2.05) is 18.3 Å². The first kappa shape index (κ1) is 18.2. The van der Waals surface area contributed by atoms with E-state index in [-0.39, 0.29) is 0 Å². The van der Waals surface area contributed by atoms with E-state index in [1.165, 1.54) is 5.56 Å². The third-order valence-corrected chi connectivity index (χ3v) is 6.39. The lowest BCUT2D eigenvalue weighted by Gasteiger charge is -2.08. The van der Waals surface area contributed by atoms with Gasteiger partial charge in [-0.2, -0.15) is 0 Å². The van der Waals surface area contributed by atoms with Crippen molar-refractivity contribution in [2.75, 3.05) is 0 Å². The molecule has 4 nitrogen and oxygen atoms in total. The van der Waals surface area contributed by atoms with Crippen LogP contribution in [0.2, 0.25) is 0 Å². The Hall–Kier alpha value is -4.44. The van der Waals surface area contributed by atoms with Crippen molar-refractivity contribution in [3.63, 3.8) is 0 Å². The van der Waals surface area contributed by atoms with Gasteiger partial charge in [-0.15, -0.1) is 0 Å². The first-order valence-electron chi connectivity index (χ1n) is 11.1. The molecule has 156 valence electrons. The molecule has 0 aliphatic rings. The summed E-state index contributed by atoms with van der Waals surface area (Å²) in [5.41, 5.74) is 9.63. The maximum Gasteiger partial charge on any atom is 0.148 e. The molecule has 33 heavy (non-hydrogen) atoms. The van der Waals surface area contributed by atoms with Crippen molar-refractivity contribution in [2.45, 2.75) is 6.92 Å². The minimum atomic E-state index is 0.928. The first-order valence-corrected chi connectivity index (χ1v) is 11.1. The van der Waals surface area contributed by atoms with E-state index in [2.05, 4.69) is 101 Å². The molecule has 0 aliphatic heterocycles. The van der Waals surface area contributed by atoms with E-state index < -0.39 is 0 Å². The monoisotopic (exact) mass is 424 g/mol. The molecule has 0 bridgehead atoms. The Morgan fingerprint density at radius 2 is 1.36 bits per heavy atom. The molecule has 0 spiro atoms. The highest BCUT2D eigenvalue weighted by molar-refractivity contribution is 6.14. The predicted octanol–water partition coefficient (Wildman–Crippen LogP) is 6.98. The van der Waals surface area contributed by atoms with Gasteiger partial charge in [0.2, 0.25) is 0 Å². The lowest BCUT2D eigenvalue weighted by molar-refractivity contribution is 1.13. The Kier molecular flexibility index (Phi) is 3.73. The number of para-hydroxylation sites is 2. The number of aromatic nitrogens is 4. The van der Waals surface area contributed by atoms with Gasteiger partial charge in [-0.3, -0.25) is 9.55 Å². The fourth-order valence-electron chi connectivity index (χ4n) is 4.99. The molecule has 4 aromatic heterocycles. The van der Waals surface area contributed by atoms with Gasteiger partial charge < -0.3 is 4.57 Å². The molecule has 0 fully saturated rings. The lowest BCUT2D eigenvalue weighted by atomic mass is 10.2. The molecule has 0 amide bonds. The number of aryl methyl sites for hydroxylation is 1. The van der Waals surface area contributed by atoms with Crippen molar-refractivity contribution >= 4 is 44.0 Å². The van der Waals surface area contributed by atoms with E-state index in [1.54, 1.807) is 0 Å². The number of hydrogen-bond acceptors (Lipinski definition) is 2. The van der Waals surface area contributed by atoms with Crippen LogP contribution in [-0.4, -0.2) is 19.1 Å². The number of nitrogens with zero attached hydrogens (tertiary/aromatic N) is 4. The van der Waals surface area contributed by atoms with Gasteiger partial charge in [0.25, 0.3) is 0 Å². The average Bonchev–Trinajstić information content (AvgIpc) is 3.35. The molecular formula is C29H20N4. The van der Waals surface area contributed by atoms with Crippen molar-refractivity contribution < 1.29 is 0 Å². The van der Waals surface area contributed by atoms with Gasteiger partial charge in [-0.05, 0) is 61.0 Å². The van der Waals surface area contributed by atoms with Crippen LogP contribution >= 0.6 is 0 Å². The van der Waals surface area contributed by atoms with Crippen LogP contribution in [0.3, 0.4) is 0 Å². The summed E-state index contributed by atoms with van der Waals surface area (Å²) in [6, 6.07) is 33.9. The Labute approximate surface area is 190 Å². The Morgan fingerprint density at radius 1 is 0.576 bits per heavy atom. The van der Waals surface area contributed by atoms with Crippen molar-refractivity contribution in [2.24, 2.45) is 0 Å². The summed E-state index contributed by atoms with van der Waals surface area (Å²) in [6.07, 6.45) is 1.86. The van der Waals surface area contributed by atoms with Crippen LogP contribution in [-0.2, 0) is 0 Å². The van der Waals surface area contributed by atoms with Gasteiger partial charge in [0.1, 0.15) is 5.65 Å². The SMILES string of the molecule is Cc1cccc(-n2c3cccnc3c3cc4c(nc32)c2ccccc2n4-c2ccccc2)c1. The molecule has 7 aromatic rings. The summed E-state index contributed by atoms with van der Waals surface area (Å²) in [6.45, 7) is 2.12. The van der Waals surface area contributed by atoms with E-state index in [9.17, 15) is 0 Å². The number of benzene rings is 3. The highest BCUT2D eigenvalue weighted by Gasteiger charge is 2.19. The Balaban J connectivity index is 1.69. The summed E-state index contributed by atoms with van der Waals surface area (Å²) in [5, 5.41) is 2.20. The number of pyridine rings is 2. The van der Waals surface area contributed by atoms with Crippen LogP contribution < -0.4 is 0 Å². The van der Waals surface area contributed by atoms with E-state index in [0.29, 0.717) is 0 Å². The van der Waals surface area contributed by atoms with Crippen LogP contribution in [0.15, 0.2) is 103 Å². The summed E-state index contributed by atoms with van der Waals surface area (Å²) < 4.78 is 4.54. The maximum atomic E-state index is 5.30. The molecule has 0 atom stereocenters. The molecule has 4 heterocycles. The summed E-state index contributed by atoms with van der Waals surface area (Å²) in [4.78, 5) is 10.1. The van der Waals surface area contributed by atoms with Crippen molar-refractivity contribution in [3.8, 4) is 11.4 Å². The topological polar surface area (TPSA) is 35.6 Å². The van der Waals surface area contributed by atoms with Crippen LogP contribution in [0.5, 0.6) is 0 Å². The quantitative estimate of drug-likeness (QED) is 0.300. The van der Waals surface area contributed by atoms with Crippen LogP contribution in [0.4, 0.5) is 0 Å². The van der Waals surface area contributed by atoms with E-state index >= 15 is 0 Å². The first-order chi connectivity index (χ1) is 16.3. The third-order valence-electron chi connectivity index (χ3n) is 6.39. The third kappa shape index (κ3) is 2.58. The molecule has 0 saturated heterocycles. The van der Waals surface area contributed by atoms with Crippen molar-refractivity contribution in [3.05, 3.63) is 109 Å².